The van der Waals surface area contributed by atoms with E-state index in [1.807, 2.05) is 18.2 Å². The summed E-state index contributed by atoms with van der Waals surface area (Å²) >= 11 is 0. The van der Waals surface area contributed by atoms with E-state index >= 15 is 0 Å². The molecular weight excluding hydrogens is 444 g/mol. The lowest BCUT2D eigenvalue weighted by Crippen LogP contribution is -2.45. The van der Waals surface area contributed by atoms with E-state index in [0.29, 0.717) is 22.4 Å². The van der Waals surface area contributed by atoms with Crippen molar-refractivity contribution in [2.45, 2.75) is 37.5 Å². The summed E-state index contributed by atoms with van der Waals surface area (Å²) in [6.07, 6.45) is -0.938. The molecule has 0 fully saturated rings. The second-order valence-electron chi connectivity index (χ2n) is 8.70. The quantitative estimate of drug-likeness (QED) is 0.587. The van der Waals surface area contributed by atoms with Crippen LogP contribution in [0.3, 0.4) is 0 Å². The van der Waals surface area contributed by atoms with Crippen molar-refractivity contribution in [2.75, 3.05) is 4.90 Å². The Morgan fingerprint density at radius 2 is 1.74 bits per heavy atom. The topological polar surface area (TPSA) is 76.1 Å². The van der Waals surface area contributed by atoms with Crippen molar-refractivity contribution in [3.8, 4) is 11.5 Å². The van der Waals surface area contributed by atoms with Crippen LogP contribution in [0, 0.1) is 0 Å². The molecule has 0 radical (unpaired) electrons. The molecule has 6 rings (SSSR count). The number of rotatable bonds is 3. The van der Waals surface area contributed by atoms with E-state index in [0.717, 1.165) is 24.8 Å². The summed E-state index contributed by atoms with van der Waals surface area (Å²) in [5.41, 5.74) is 3.95. The van der Waals surface area contributed by atoms with Crippen LogP contribution < -0.4 is 14.4 Å². The maximum Gasteiger partial charge on any atom is 0.586 e. The minimum atomic E-state index is -3.80. The lowest BCUT2D eigenvalue weighted by atomic mass is 9.79. The van der Waals surface area contributed by atoms with Crippen molar-refractivity contribution in [1.82, 2.24) is 0 Å². The highest BCUT2D eigenvalue weighted by molar-refractivity contribution is 6.11. The highest BCUT2D eigenvalue weighted by atomic mass is 19.3. The predicted octanol–water partition coefficient (Wildman–Crippen LogP) is 5.07. The molecule has 34 heavy (non-hydrogen) atoms. The summed E-state index contributed by atoms with van der Waals surface area (Å²) in [6, 6.07) is 15.5. The minimum absolute atomic E-state index is 0.146. The molecule has 1 amide bonds. The van der Waals surface area contributed by atoms with Crippen LogP contribution in [0.5, 0.6) is 11.5 Å². The van der Waals surface area contributed by atoms with Crippen molar-refractivity contribution in [2.24, 2.45) is 0 Å². The summed E-state index contributed by atoms with van der Waals surface area (Å²) < 4.78 is 36.4. The van der Waals surface area contributed by atoms with Gasteiger partial charge in [0.25, 0.3) is 5.91 Å². The number of ether oxygens (including phenoxy) is 2. The molecule has 8 heteroatoms. The van der Waals surface area contributed by atoms with Gasteiger partial charge in [-0.3, -0.25) is 14.5 Å². The van der Waals surface area contributed by atoms with Gasteiger partial charge < -0.3 is 14.6 Å². The highest BCUT2D eigenvalue weighted by Crippen LogP contribution is 2.49. The SMILES string of the molecule is O=C(O)[C@H]1c2ccccc2C(=O)N(c2ccc3c(c2)CCC3)[C@@H]1c1ccc2c(c1)OC(F)(F)O2. The summed E-state index contributed by atoms with van der Waals surface area (Å²) in [5, 5.41) is 10.3. The van der Waals surface area contributed by atoms with Crippen LogP contribution in [0.4, 0.5) is 14.5 Å². The Kier molecular flexibility index (Phi) is 4.42. The third-order valence-electron chi connectivity index (χ3n) is 6.73. The lowest BCUT2D eigenvalue weighted by molar-refractivity contribution is -0.286. The minimum Gasteiger partial charge on any atom is -0.481 e. The number of carbonyl (C=O) groups excluding carboxylic acids is 1. The summed E-state index contributed by atoms with van der Waals surface area (Å²) in [4.78, 5) is 27.8. The molecule has 172 valence electrons. The number of aliphatic carboxylic acids is 1. The Labute approximate surface area is 193 Å². The molecule has 0 spiro atoms. The van der Waals surface area contributed by atoms with Crippen LogP contribution in [0.2, 0.25) is 0 Å². The van der Waals surface area contributed by atoms with E-state index < -0.39 is 24.2 Å². The van der Waals surface area contributed by atoms with Gasteiger partial charge >= 0.3 is 12.3 Å². The van der Waals surface area contributed by atoms with Crippen molar-refractivity contribution >= 4 is 17.6 Å². The van der Waals surface area contributed by atoms with Gasteiger partial charge in [0, 0.05) is 11.3 Å². The fraction of sp³-hybridized carbons (Fsp3) is 0.231. The molecule has 3 aromatic carbocycles. The van der Waals surface area contributed by atoms with E-state index in [1.54, 1.807) is 24.3 Å². The lowest BCUT2D eigenvalue weighted by Gasteiger charge is -2.41. The van der Waals surface area contributed by atoms with Crippen LogP contribution in [-0.2, 0) is 17.6 Å². The molecule has 2 aliphatic heterocycles. The van der Waals surface area contributed by atoms with Gasteiger partial charge in [-0.2, -0.15) is 0 Å². The summed E-state index contributed by atoms with van der Waals surface area (Å²) in [6.45, 7) is 0. The number of hydrogen-bond acceptors (Lipinski definition) is 4. The molecule has 1 aliphatic carbocycles. The number of carboxylic acid groups (broad SMARTS) is 1. The Morgan fingerprint density at radius 1 is 0.971 bits per heavy atom. The standard InChI is InChI=1S/C26H19F2NO5/c27-26(28)33-20-11-9-16(13-21(20)34-26)23-22(25(31)32)18-6-1-2-7-19(18)24(30)29(23)17-10-8-14-4-3-5-15(14)12-17/h1-2,6-13,22-23H,3-5H2,(H,31,32)/t22-,23+/m0/s1. The molecule has 0 saturated carbocycles. The molecule has 0 unspecified atom stereocenters. The molecule has 2 heterocycles. The fourth-order valence-electron chi connectivity index (χ4n) is 5.28. The van der Waals surface area contributed by atoms with Gasteiger partial charge in [-0.05, 0) is 71.8 Å². The molecule has 0 bridgehead atoms. The van der Waals surface area contributed by atoms with Gasteiger partial charge in [-0.15, -0.1) is 8.78 Å². The van der Waals surface area contributed by atoms with E-state index in [1.165, 1.54) is 28.7 Å². The largest absolute Gasteiger partial charge is 0.586 e. The normalized spacial score (nSPS) is 21.8. The van der Waals surface area contributed by atoms with Crippen molar-refractivity contribution < 1.29 is 33.0 Å². The number of aryl methyl sites for hydroxylation is 2. The first-order chi connectivity index (χ1) is 16.3. The molecule has 0 saturated heterocycles. The third kappa shape index (κ3) is 3.13. The first-order valence-corrected chi connectivity index (χ1v) is 11.0. The van der Waals surface area contributed by atoms with Crippen LogP contribution in [0.25, 0.3) is 0 Å². The maximum absolute atomic E-state index is 13.8. The number of hydrogen-bond donors (Lipinski definition) is 1. The van der Waals surface area contributed by atoms with Crippen LogP contribution in [-0.4, -0.2) is 23.3 Å². The van der Waals surface area contributed by atoms with Gasteiger partial charge in [0.15, 0.2) is 11.5 Å². The van der Waals surface area contributed by atoms with E-state index in [4.69, 9.17) is 0 Å². The predicted molar refractivity (Wildman–Crippen MR) is 117 cm³/mol. The molecule has 1 N–H and O–H groups in total. The average Bonchev–Trinajstić information content (AvgIpc) is 3.39. The number of nitrogens with zero attached hydrogens (tertiary/aromatic N) is 1. The van der Waals surface area contributed by atoms with Crippen molar-refractivity contribution in [1.29, 1.82) is 0 Å². The zero-order valence-electron chi connectivity index (χ0n) is 17.8. The molecule has 6 nitrogen and oxygen atoms in total. The number of carbonyl (C=O) groups is 2. The Morgan fingerprint density at radius 3 is 2.56 bits per heavy atom. The van der Waals surface area contributed by atoms with Crippen LogP contribution in [0.1, 0.15) is 51.0 Å². The Balaban J connectivity index is 1.55. The number of alkyl halides is 2. The van der Waals surface area contributed by atoms with Gasteiger partial charge in [-0.1, -0.05) is 30.3 Å². The first kappa shape index (κ1) is 20.7. The number of carboxylic acids is 1. The molecule has 3 aliphatic rings. The second kappa shape index (κ2) is 7.28. The highest BCUT2D eigenvalue weighted by Gasteiger charge is 2.47. The number of anilines is 1. The molecule has 3 aromatic rings. The number of benzene rings is 3. The number of halogens is 2. The average molecular weight is 463 g/mol. The van der Waals surface area contributed by atoms with Gasteiger partial charge in [0.1, 0.15) is 5.92 Å². The van der Waals surface area contributed by atoms with E-state index in [2.05, 4.69) is 9.47 Å². The van der Waals surface area contributed by atoms with Crippen molar-refractivity contribution in [3.05, 3.63) is 88.5 Å². The molecule has 2 atom stereocenters. The third-order valence-corrected chi connectivity index (χ3v) is 6.73. The van der Waals surface area contributed by atoms with E-state index in [-0.39, 0.29) is 17.4 Å². The Bertz CT molecular complexity index is 1350. The van der Waals surface area contributed by atoms with Crippen molar-refractivity contribution in [3.63, 3.8) is 0 Å². The van der Waals surface area contributed by atoms with Crippen LogP contribution in [0.15, 0.2) is 60.7 Å². The van der Waals surface area contributed by atoms with Crippen LogP contribution >= 0.6 is 0 Å². The Hall–Kier alpha value is -3.94. The van der Waals surface area contributed by atoms with Gasteiger partial charge in [-0.25, -0.2) is 0 Å². The first-order valence-electron chi connectivity index (χ1n) is 11.0. The van der Waals surface area contributed by atoms with Gasteiger partial charge in [0.05, 0.1) is 6.04 Å². The monoisotopic (exact) mass is 463 g/mol. The zero-order chi connectivity index (χ0) is 23.6. The maximum atomic E-state index is 13.8. The fourth-order valence-corrected chi connectivity index (χ4v) is 5.28. The van der Waals surface area contributed by atoms with E-state index in [9.17, 15) is 23.5 Å². The summed E-state index contributed by atoms with van der Waals surface area (Å²) in [7, 11) is 0. The smallest absolute Gasteiger partial charge is 0.481 e. The molecular formula is C26H19F2NO5. The summed E-state index contributed by atoms with van der Waals surface area (Å²) in [5.74, 6) is -2.94. The number of amides is 1. The molecule has 0 aromatic heterocycles. The second-order valence-corrected chi connectivity index (χ2v) is 8.70. The van der Waals surface area contributed by atoms with Gasteiger partial charge in [0.2, 0.25) is 0 Å². The zero-order valence-corrected chi connectivity index (χ0v) is 17.8. The number of fused-ring (bicyclic) bond motifs is 3.